The summed E-state index contributed by atoms with van der Waals surface area (Å²) in [4.78, 5) is 13.3. The molecule has 16 heteroatoms. The van der Waals surface area contributed by atoms with E-state index in [1.165, 1.54) is 27.0 Å². The summed E-state index contributed by atoms with van der Waals surface area (Å²) < 4.78 is 56.0. The quantitative estimate of drug-likeness (QED) is 0.0250. The number of aliphatic hydroxyl groups excluding tert-OH is 1. The maximum Gasteiger partial charge on any atom is 0.199 e. The SMILES string of the molecule is CCC(C)c1ccc(OC(C)OCC[NH3+])cc1.CCC(C)c1ccc(OC(C)OCCc2cccs2)c(C(=O)CO)c1.CCOC(C)Oc1cccc(C(C)CC)c1.CCOC(C)Oc1cccc2c(C(C)CC)cccc12.CCOC(CC)Oc1ccc(C(C)CC)cc1O.[Cl-]. The number of phenols is 1. The lowest BCUT2D eigenvalue weighted by Gasteiger charge is -2.19. The Bertz CT molecular complexity index is 3180. The molecular weight excluding hydrogens is 1260 g/mol. The first-order valence-corrected chi connectivity index (χ1v) is 36.1. The van der Waals surface area contributed by atoms with Crippen molar-refractivity contribution in [1.29, 1.82) is 0 Å². The van der Waals surface area contributed by atoms with Gasteiger partial charge in [0.15, 0.2) is 48.7 Å². The summed E-state index contributed by atoms with van der Waals surface area (Å²) >= 11 is 1.70. The van der Waals surface area contributed by atoms with Crippen LogP contribution >= 0.6 is 11.3 Å². The van der Waals surface area contributed by atoms with Gasteiger partial charge in [-0.25, -0.2) is 0 Å². The number of ketones is 1. The maximum atomic E-state index is 12.1. The highest BCUT2D eigenvalue weighted by Crippen LogP contribution is 2.35. The number of benzene rings is 6. The second-order valence-electron chi connectivity index (χ2n) is 23.9. The zero-order chi connectivity index (χ0) is 71.0. The molecular formula is C81H120ClNO13S. The first-order valence-electron chi connectivity index (χ1n) is 35.2. The summed E-state index contributed by atoms with van der Waals surface area (Å²) in [6.45, 7) is 40.6. The number of ether oxygens (including phenoxy) is 10. The second kappa shape index (κ2) is 49.3. The van der Waals surface area contributed by atoms with Crippen LogP contribution in [0.2, 0.25) is 0 Å². The smallest absolute Gasteiger partial charge is 0.199 e. The first-order chi connectivity index (χ1) is 46.2. The lowest BCUT2D eigenvalue weighted by Crippen LogP contribution is -3.00. The van der Waals surface area contributed by atoms with Crippen LogP contribution in [0.5, 0.6) is 34.5 Å². The molecule has 540 valence electrons. The first kappa shape index (κ1) is 86.8. The minimum Gasteiger partial charge on any atom is -1.00 e. The molecule has 10 unspecified atom stereocenters. The Hall–Kier alpha value is -6.24. The average molecular weight is 1380 g/mol. The van der Waals surface area contributed by atoms with Crippen LogP contribution in [0.15, 0.2) is 139 Å². The molecule has 10 atom stereocenters. The van der Waals surface area contributed by atoms with Gasteiger partial charge in [0.25, 0.3) is 0 Å². The molecule has 0 amide bonds. The summed E-state index contributed by atoms with van der Waals surface area (Å²) in [5.41, 5.74) is 10.4. The number of Topliss-reactive ketones (excluding diaryl/α,β-unsaturated/α-hetero) is 1. The number of fused-ring (bicyclic) bond motifs is 1. The van der Waals surface area contributed by atoms with E-state index in [9.17, 15) is 15.0 Å². The van der Waals surface area contributed by atoms with Gasteiger partial charge < -0.3 is 75.7 Å². The molecule has 1 heterocycles. The van der Waals surface area contributed by atoms with Crippen LogP contribution in [0.3, 0.4) is 0 Å². The third-order valence-corrected chi connectivity index (χ3v) is 17.6. The molecule has 5 N–H and O–H groups in total. The monoisotopic (exact) mass is 1380 g/mol. The number of carbonyl (C=O) groups is 1. The number of carbonyl (C=O) groups excluding carboxylic acids is 1. The average Bonchev–Trinajstić information content (AvgIpc) is 1.15. The third kappa shape index (κ3) is 31.7. The second-order valence-corrected chi connectivity index (χ2v) is 25.0. The van der Waals surface area contributed by atoms with E-state index >= 15 is 0 Å². The van der Waals surface area contributed by atoms with Crippen molar-refractivity contribution >= 4 is 27.9 Å². The molecule has 0 bridgehead atoms. The van der Waals surface area contributed by atoms with Crippen LogP contribution in [0.25, 0.3) is 10.8 Å². The van der Waals surface area contributed by atoms with Gasteiger partial charge in [-0.1, -0.05) is 149 Å². The molecule has 0 aliphatic carbocycles. The predicted molar refractivity (Wildman–Crippen MR) is 394 cm³/mol. The third-order valence-electron chi connectivity index (χ3n) is 16.7. The number of rotatable bonds is 36. The van der Waals surface area contributed by atoms with Crippen molar-refractivity contribution in [3.8, 4) is 34.5 Å². The molecule has 97 heavy (non-hydrogen) atoms. The van der Waals surface area contributed by atoms with Crippen LogP contribution in [0.4, 0.5) is 0 Å². The fourth-order valence-electron chi connectivity index (χ4n) is 9.91. The molecule has 7 rings (SSSR count). The van der Waals surface area contributed by atoms with Gasteiger partial charge in [-0.15, -0.1) is 11.3 Å². The number of thiophene rings is 1. The zero-order valence-electron chi connectivity index (χ0n) is 61.8. The van der Waals surface area contributed by atoms with E-state index in [2.05, 4.69) is 136 Å². The standard InChI is InChI=1S/C20H26O4S.C18H24O2.C15H24O3.C14H23NO2.C14H22O2.ClH/c1-4-14(2)16-7-8-20(18(12-16)19(22)13-21)24-15(3)23-10-9-17-6-5-11-25-17;1-5-13(3)15-9-7-11-17-16(15)10-8-12-18(17)20-14(4)19-6-2;1-5-11(4)12-8-9-14(13(16)10-12)18-15(6-2)17-7-3;1-4-11(2)13-5-7-14(8-6-13)17-12(3)16-10-9-15;1-5-11(3)13-8-7-9-14(10-13)16-12(4)15-6-2;/h5-8,11-12,14-15,21H,4,9-10,13H2,1-3H3;7-14H,5-6H2,1-4H3;8-11,15-16H,5-7H2,1-4H3;5-8,11-12H,4,9-10,15H2,1-3H3;7-12H,5-6H2,1-4H3;1H. The molecule has 0 saturated heterocycles. The van der Waals surface area contributed by atoms with E-state index in [0.29, 0.717) is 79.7 Å². The Balaban J connectivity index is 0.000000415. The van der Waals surface area contributed by atoms with Gasteiger partial charge in [-0.2, -0.15) is 0 Å². The van der Waals surface area contributed by atoms with Gasteiger partial charge in [0.05, 0.1) is 25.3 Å². The van der Waals surface area contributed by atoms with Crippen molar-refractivity contribution in [3.63, 3.8) is 0 Å². The van der Waals surface area contributed by atoms with E-state index in [-0.39, 0.29) is 49.1 Å². The lowest BCUT2D eigenvalue weighted by atomic mass is 9.93. The fourth-order valence-corrected chi connectivity index (χ4v) is 10.6. The predicted octanol–water partition coefficient (Wildman–Crippen LogP) is 16.7. The van der Waals surface area contributed by atoms with Crippen LogP contribution < -0.4 is 41.8 Å². The number of aliphatic hydroxyl groups is 1. The number of quaternary nitrogens is 1. The van der Waals surface area contributed by atoms with Gasteiger partial charge in [0, 0.05) is 42.9 Å². The van der Waals surface area contributed by atoms with Crippen molar-refractivity contribution in [2.24, 2.45) is 0 Å². The van der Waals surface area contributed by atoms with Crippen molar-refractivity contribution in [3.05, 3.63) is 177 Å². The minimum atomic E-state index is -0.534. The van der Waals surface area contributed by atoms with Crippen molar-refractivity contribution in [1.82, 2.24) is 0 Å². The lowest BCUT2D eigenvalue weighted by molar-refractivity contribution is -0.377. The normalized spacial score (nSPS) is 13.9. The van der Waals surface area contributed by atoms with E-state index in [4.69, 9.17) is 47.4 Å². The number of phenolic OH excluding ortho intramolecular Hbond substituents is 1. The summed E-state index contributed by atoms with van der Waals surface area (Å²) in [5, 5.41) is 23.7. The van der Waals surface area contributed by atoms with Crippen LogP contribution in [0.1, 0.15) is 236 Å². The Labute approximate surface area is 593 Å². The Morgan fingerprint density at radius 2 is 0.938 bits per heavy atom. The van der Waals surface area contributed by atoms with E-state index in [1.54, 1.807) is 23.5 Å². The van der Waals surface area contributed by atoms with Crippen molar-refractivity contribution in [2.45, 2.75) is 231 Å². The molecule has 0 radical (unpaired) electrons. The van der Waals surface area contributed by atoms with Crippen LogP contribution in [-0.4, -0.2) is 93.6 Å². The van der Waals surface area contributed by atoms with Gasteiger partial charge >= 0.3 is 0 Å². The number of hydrogen-bond acceptors (Lipinski definition) is 14. The topological polar surface area (TPSA) is 177 Å². The molecule has 0 saturated carbocycles. The van der Waals surface area contributed by atoms with E-state index in [0.717, 1.165) is 85.3 Å². The number of hydrogen-bond donors (Lipinski definition) is 3. The van der Waals surface area contributed by atoms with Crippen LogP contribution in [-0.2, 0) is 30.1 Å². The molecule has 14 nitrogen and oxygen atoms in total. The van der Waals surface area contributed by atoms with Gasteiger partial charge in [0.1, 0.15) is 29.6 Å². The maximum absolute atomic E-state index is 12.1. The highest BCUT2D eigenvalue weighted by molar-refractivity contribution is 7.09. The molecule has 7 aromatic rings. The number of aromatic hydroxyl groups is 1. The van der Waals surface area contributed by atoms with E-state index < -0.39 is 12.9 Å². The number of halogens is 1. The molecule has 0 aliphatic rings. The highest BCUT2D eigenvalue weighted by atomic mass is 35.5. The largest absolute Gasteiger partial charge is 1.00 e. The van der Waals surface area contributed by atoms with Gasteiger partial charge in [-0.3, -0.25) is 4.79 Å². The summed E-state index contributed by atoms with van der Waals surface area (Å²) in [5.74, 6) is 5.95. The van der Waals surface area contributed by atoms with E-state index in [1.807, 2.05) is 121 Å². The van der Waals surface area contributed by atoms with Gasteiger partial charge in [-0.05, 0) is 209 Å². The Kier molecular flexibility index (Phi) is 44.1. The zero-order valence-corrected chi connectivity index (χ0v) is 63.4. The summed E-state index contributed by atoms with van der Waals surface area (Å²) in [6.07, 6.45) is 5.66. The van der Waals surface area contributed by atoms with Crippen LogP contribution in [0, 0.1) is 0 Å². The fraction of sp³-hybridized carbons (Fsp3) is 0.519. The molecule has 0 fully saturated rings. The minimum absolute atomic E-state index is 0. The van der Waals surface area contributed by atoms with Crippen molar-refractivity contribution in [2.75, 3.05) is 46.2 Å². The molecule has 0 spiro atoms. The molecule has 1 aromatic heterocycles. The molecule has 6 aromatic carbocycles. The highest BCUT2D eigenvalue weighted by Gasteiger charge is 2.19. The summed E-state index contributed by atoms with van der Waals surface area (Å²) in [7, 11) is 0. The Morgan fingerprint density at radius 3 is 1.49 bits per heavy atom. The molecule has 0 aliphatic heterocycles. The van der Waals surface area contributed by atoms with Gasteiger partial charge in [0.2, 0.25) is 0 Å². The Morgan fingerprint density at radius 1 is 0.443 bits per heavy atom. The van der Waals surface area contributed by atoms with Crippen molar-refractivity contribution < 1.29 is 80.5 Å². The summed E-state index contributed by atoms with van der Waals surface area (Å²) in [6, 6.07) is 44.5.